The summed E-state index contributed by atoms with van der Waals surface area (Å²) in [7, 11) is 1.64. The summed E-state index contributed by atoms with van der Waals surface area (Å²) >= 11 is 0. The Morgan fingerprint density at radius 2 is 2.20 bits per heavy atom. The van der Waals surface area contributed by atoms with Gasteiger partial charge in [0, 0.05) is 25.6 Å². The zero-order valence-corrected chi connectivity index (χ0v) is 12.0. The Hall–Kier alpha value is -1.83. The van der Waals surface area contributed by atoms with E-state index in [1.807, 2.05) is 31.2 Å². The maximum atomic E-state index is 11.7. The molecule has 1 rings (SSSR count). The van der Waals surface area contributed by atoms with Crippen molar-refractivity contribution in [3.63, 3.8) is 0 Å². The molecule has 108 valence electrons. The summed E-state index contributed by atoms with van der Waals surface area (Å²) in [5.41, 5.74) is 1.77. The minimum Gasteiger partial charge on any atom is -0.384 e. The van der Waals surface area contributed by atoms with Gasteiger partial charge in [-0.15, -0.1) is 0 Å². The zero-order valence-electron chi connectivity index (χ0n) is 12.0. The van der Waals surface area contributed by atoms with Crippen molar-refractivity contribution < 1.29 is 14.6 Å². The molecular weight excluding hydrogens is 254 g/mol. The van der Waals surface area contributed by atoms with Crippen LogP contribution in [0.1, 0.15) is 30.9 Å². The van der Waals surface area contributed by atoms with E-state index in [-0.39, 0.29) is 18.6 Å². The Labute approximate surface area is 120 Å². The SMILES string of the molecule is COC(C)CCC(=O)NCc1ccccc1C#CCO. The first-order valence-corrected chi connectivity index (χ1v) is 6.64. The van der Waals surface area contributed by atoms with Crippen LogP contribution in [0, 0.1) is 11.8 Å². The third-order valence-electron chi connectivity index (χ3n) is 2.98. The first kappa shape index (κ1) is 16.2. The van der Waals surface area contributed by atoms with Gasteiger partial charge in [-0.3, -0.25) is 4.79 Å². The molecule has 0 aromatic heterocycles. The van der Waals surface area contributed by atoms with Crippen molar-refractivity contribution in [1.29, 1.82) is 0 Å². The van der Waals surface area contributed by atoms with E-state index in [9.17, 15) is 4.79 Å². The fraction of sp³-hybridized carbons (Fsp3) is 0.438. The highest BCUT2D eigenvalue weighted by Gasteiger charge is 2.06. The highest BCUT2D eigenvalue weighted by Crippen LogP contribution is 2.07. The van der Waals surface area contributed by atoms with Gasteiger partial charge < -0.3 is 15.2 Å². The van der Waals surface area contributed by atoms with Gasteiger partial charge in [0.1, 0.15) is 6.61 Å². The number of hydrogen-bond acceptors (Lipinski definition) is 3. The second-order valence-electron chi connectivity index (χ2n) is 4.48. The van der Waals surface area contributed by atoms with Crippen molar-refractivity contribution in [2.24, 2.45) is 0 Å². The van der Waals surface area contributed by atoms with Crippen LogP contribution in [0.15, 0.2) is 24.3 Å². The summed E-state index contributed by atoms with van der Waals surface area (Å²) in [6.45, 7) is 2.21. The van der Waals surface area contributed by atoms with Crippen LogP contribution < -0.4 is 5.32 Å². The van der Waals surface area contributed by atoms with E-state index in [0.29, 0.717) is 19.4 Å². The Morgan fingerprint density at radius 3 is 2.90 bits per heavy atom. The third-order valence-corrected chi connectivity index (χ3v) is 2.98. The largest absolute Gasteiger partial charge is 0.384 e. The molecule has 0 aliphatic rings. The maximum absolute atomic E-state index is 11.7. The molecule has 1 amide bonds. The highest BCUT2D eigenvalue weighted by molar-refractivity contribution is 5.75. The van der Waals surface area contributed by atoms with Crippen molar-refractivity contribution in [1.82, 2.24) is 5.32 Å². The van der Waals surface area contributed by atoms with Gasteiger partial charge in [0.05, 0.1) is 6.10 Å². The molecule has 0 fully saturated rings. The van der Waals surface area contributed by atoms with E-state index >= 15 is 0 Å². The molecule has 0 saturated carbocycles. The van der Waals surface area contributed by atoms with E-state index in [2.05, 4.69) is 17.2 Å². The molecule has 0 saturated heterocycles. The van der Waals surface area contributed by atoms with Crippen molar-refractivity contribution in [2.45, 2.75) is 32.4 Å². The van der Waals surface area contributed by atoms with Crippen LogP contribution in [0.25, 0.3) is 0 Å². The lowest BCUT2D eigenvalue weighted by Crippen LogP contribution is -2.24. The molecule has 0 radical (unpaired) electrons. The number of carbonyl (C=O) groups excluding carboxylic acids is 1. The number of aliphatic hydroxyl groups is 1. The molecule has 0 heterocycles. The smallest absolute Gasteiger partial charge is 0.220 e. The quantitative estimate of drug-likeness (QED) is 0.773. The third kappa shape index (κ3) is 5.87. The molecule has 1 atom stereocenters. The second-order valence-corrected chi connectivity index (χ2v) is 4.48. The number of rotatable bonds is 6. The predicted molar refractivity (Wildman–Crippen MR) is 78.0 cm³/mol. The summed E-state index contributed by atoms with van der Waals surface area (Å²) in [5.74, 6) is 5.49. The molecule has 1 aromatic rings. The molecule has 1 aromatic carbocycles. The van der Waals surface area contributed by atoms with Crippen molar-refractivity contribution in [2.75, 3.05) is 13.7 Å². The number of carbonyl (C=O) groups is 1. The number of hydrogen-bond donors (Lipinski definition) is 2. The van der Waals surface area contributed by atoms with Crippen LogP contribution >= 0.6 is 0 Å². The van der Waals surface area contributed by atoms with Crippen LogP contribution in [0.4, 0.5) is 0 Å². The molecule has 0 aliphatic carbocycles. The Balaban J connectivity index is 2.51. The molecule has 0 bridgehead atoms. The number of amides is 1. The lowest BCUT2D eigenvalue weighted by molar-refractivity contribution is -0.121. The van der Waals surface area contributed by atoms with Gasteiger partial charge in [0.25, 0.3) is 0 Å². The zero-order chi connectivity index (χ0) is 14.8. The van der Waals surface area contributed by atoms with Gasteiger partial charge in [-0.2, -0.15) is 0 Å². The number of benzene rings is 1. The average molecular weight is 275 g/mol. The van der Waals surface area contributed by atoms with E-state index in [4.69, 9.17) is 9.84 Å². The van der Waals surface area contributed by atoms with Gasteiger partial charge in [-0.1, -0.05) is 30.0 Å². The van der Waals surface area contributed by atoms with Crippen molar-refractivity contribution >= 4 is 5.91 Å². The molecule has 4 nitrogen and oxygen atoms in total. The van der Waals surface area contributed by atoms with E-state index in [0.717, 1.165) is 11.1 Å². The van der Waals surface area contributed by atoms with E-state index in [1.54, 1.807) is 7.11 Å². The molecular formula is C16H21NO3. The Kier molecular flexibility index (Phi) is 7.41. The van der Waals surface area contributed by atoms with Crippen LogP contribution in [-0.4, -0.2) is 30.8 Å². The topological polar surface area (TPSA) is 58.6 Å². The summed E-state index contributed by atoms with van der Waals surface area (Å²) in [4.78, 5) is 11.7. The number of ether oxygens (including phenoxy) is 1. The molecule has 20 heavy (non-hydrogen) atoms. The van der Waals surface area contributed by atoms with Gasteiger partial charge >= 0.3 is 0 Å². The summed E-state index contributed by atoms with van der Waals surface area (Å²) in [5, 5.41) is 11.6. The minimum absolute atomic E-state index is 0.00109. The van der Waals surface area contributed by atoms with Gasteiger partial charge in [0.2, 0.25) is 5.91 Å². The Morgan fingerprint density at radius 1 is 1.45 bits per heavy atom. The first-order valence-electron chi connectivity index (χ1n) is 6.64. The number of aliphatic hydroxyl groups excluding tert-OH is 1. The molecule has 0 aliphatic heterocycles. The second kappa shape index (κ2) is 9.13. The first-order chi connectivity index (χ1) is 9.67. The molecule has 2 N–H and O–H groups in total. The van der Waals surface area contributed by atoms with Crippen molar-refractivity contribution in [3.05, 3.63) is 35.4 Å². The standard InChI is InChI=1S/C16H21NO3/c1-13(20-2)9-10-16(19)17-12-15-7-4-3-6-14(15)8-5-11-18/h3-4,6-7,13,18H,9-12H2,1-2H3,(H,17,19). The summed E-state index contributed by atoms with van der Waals surface area (Å²) in [6, 6.07) is 7.57. The molecule has 1 unspecified atom stereocenters. The fourth-order valence-corrected chi connectivity index (χ4v) is 1.67. The number of nitrogens with one attached hydrogen (secondary N) is 1. The minimum atomic E-state index is -0.171. The van der Waals surface area contributed by atoms with E-state index < -0.39 is 0 Å². The van der Waals surface area contributed by atoms with Crippen LogP contribution in [0.3, 0.4) is 0 Å². The fourth-order valence-electron chi connectivity index (χ4n) is 1.67. The highest BCUT2D eigenvalue weighted by atomic mass is 16.5. The average Bonchev–Trinajstić information content (AvgIpc) is 2.49. The van der Waals surface area contributed by atoms with Crippen LogP contribution in [0.2, 0.25) is 0 Å². The molecule has 4 heteroatoms. The predicted octanol–water partition coefficient (Wildman–Crippen LogP) is 1.46. The normalized spacial score (nSPS) is 11.3. The van der Waals surface area contributed by atoms with E-state index in [1.165, 1.54) is 0 Å². The Bertz CT molecular complexity index is 488. The number of methoxy groups -OCH3 is 1. The summed E-state index contributed by atoms with van der Waals surface area (Å²) in [6.07, 6.45) is 1.23. The van der Waals surface area contributed by atoms with Crippen molar-refractivity contribution in [3.8, 4) is 11.8 Å². The van der Waals surface area contributed by atoms with Gasteiger partial charge in [0.15, 0.2) is 0 Å². The van der Waals surface area contributed by atoms with Crippen LogP contribution in [0.5, 0.6) is 0 Å². The lowest BCUT2D eigenvalue weighted by atomic mass is 10.1. The van der Waals surface area contributed by atoms with Gasteiger partial charge in [-0.05, 0) is 25.0 Å². The van der Waals surface area contributed by atoms with Crippen LogP contribution in [-0.2, 0) is 16.1 Å². The maximum Gasteiger partial charge on any atom is 0.220 e. The van der Waals surface area contributed by atoms with Gasteiger partial charge in [-0.25, -0.2) is 0 Å². The summed E-state index contributed by atoms with van der Waals surface area (Å²) < 4.78 is 5.10. The molecule has 0 spiro atoms. The lowest BCUT2D eigenvalue weighted by Gasteiger charge is -2.10. The monoisotopic (exact) mass is 275 g/mol.